The molecule has 1 heteroatoms. The van der Waals surface area contributed by atoms with Gasteiger partial charge < -0.3 is 4.42 Å². The Morgan fingerprint density at radius 3 is 1.77 bits per heavy atom. The van der Waals surface area contributed by atoms with Crippen LogP contribution in [0.2, 0.25) is 0 Å². The van der Waals surface area contributed by atoms with E-state index < -0.39 is 0 Å². The summed E-state index contributed by atoms with van der Waals surface area (Å²) in [6, 6.07) is 41.8. The number of rotatable bonds is 3. The third-order valence-electron chi connectivity index (χ3n) is 9.26. The van der Waals surface area contributed by atoms with Gasteiger partial charge in [0.15, 0.2) is 0 Å². The fraction of sp³-hybridized carbons (Fsp3) is 0.0476. The molecule has 202 valence electrons. The van der Waals surface area contributed by atoms with E-state index in [0.717, 1.165) is 16.6 Å². The number of para-hydroxylation sites is 1. The van der Waals surface area contributed by atoms with Gasteiger partial charge in [0.1, 0.15) is 11.2 Å². The first-order chi connectivity index (χ1) is 21.3. The average Bonchev–Trinajstić information content (AvgIpc) is 3.46. The van der Waals surface area contributed by atoms with Gasteiger partial charge in [-0.1, -0.05) is 146 Å². The molecule has 9 rings (SSSR count). The minimum Gasteiger partial charge on any atom is -0.456 e. The van der Waals surface area contributed by atoms with Crippen LogP contribution in [0, 0.1) is 11.8 Å². The number of allylic oxidation sites excluding steroid dienone is 8. The molecule has 0 saturated heterocycles. The normalized spacial score (nSPS) is 17.6. The Labute approximate surface area is 250 Å². The summed E-state index contributed by atoms with van der Waals surface area (Å²) in [5.74, 6) is 0.824. The maximum Gasteiger partial charge on any atom is 0.136 e. The average molecular weight is 549 g/mol. The van der Waals surface area contributed by atoms with Crippen LogP contribution in [0.25, 0.3) is 71.3 Å². The number of hydrogen-bond acceptors (Lipinski definition) is 1. The van der Waals surface area contributed by atoms with Crippen LogP contribution < -0.4 is 0 Å². The van der Waals surface area contributed by atoms with Crippen LogP contribution in [0.15, 0.2) is 162 Å². The van der Waals surface area contributed by atoms with Gasteiger partial charge in [0.05, 0.1) is 0 Å². The maximum atomic E-state index is 6.31. The first-order valence-corrected chi connectivity index (χ1v) is 15.0. The van der Waals surface area contributed by atoms with Gasteiger partial charge in [0.2, 0.25) is 0 Å². The second-order valence-corrected chi connectivity index (χ2v) is 11.6. The van der Waals surface area contributed by atoms with Gasteiger partial charge >= 0.3 is 0 Å². The van der Waals surface area contributed by atoms with E-state index in [9.17, 15) is 0 Å². The fourth-order valence-electron chi connectivity index (χ4n) is 7.35. The van der Waals surface area contributed by atoms with Crippen LogP contribution >= 0.6 is 0 Å². The zero-order valence-electron chi connectivity index (χ0n) is 23.6. The minimum atomic E-state index is 0.392. The molecule has 0 fully saturated rings. The fourth-order valence-corrected chi connectivity index (χ4v) is 7.35. The van der Waals surface area contributed by atoms with Gasteiger partial charge in [0, 0.05) is 22.6 Å². The molecule has 2 aliphatic rings. The molecule has 1 nitrogen and oxygen atoms in total. The highest BCUT2D eigenvalue weighted by atomic mass is 16.3. The van der Waals surface area contributed by atoms with E-state index in [-0.39, 0.29) is 0 Å². The summed E-state index contributed by atoms with van der Waals surface area (Å²) in [4.78, 5) is 0. The van der Waals surface area contributed by atoms with Crippen molar-refractivity contribution in [2.75, 3.05) is 0 Å². The Bertz CT molecular complexity index is 2280. The van der Waals surface area contributed by atoms with E-state index in [1.54, 1.807) is 0 Å². The summed E-state index contributed by atoms with van der Waals surface area (Å²) in [6.45, 7) is 0. The van der Waals surface area contributed by atoms with Gasteiger partial charge in [-0.25, -0.2) is 0 Å². The number of furan rings is 1. The molecule has 2 aliphatic carbocycles. The highest BCUT2D eigenvalue weighted by Crippen LogP contribution is 2.47. The maximum absolute atomic E-state index is 6.31. The number of benzene rings is 6. The van der Waals surface area contributed by atoms with Crippen LogP contribution in [-0.2, 0) is 0 Å². The van der Waals surface area contributed by atoms with E-state index in [2.05, 4.69) is 152 Å². The lowest BCUT2D eigenvalue weighted by Crippen LogP contribution is -2.14. The first-order valence-electron chi connectivity index (χ1n) is 15.0. The standard InChI is InChI=1S/C42H28O/c1-2-13-30-27(11-1)12-9-19-31(30)28-23-25-29(26-24-28)40-32-14-3-5-16-34(32)41(35-17-6-4-15-33(35)40)37-20-10-22-39-42(37)36-18-7-8-21-38(36)43-39/h1-27,30H. The number of fused-ring (bicyclic) bond motifs is 6. The third-order valence-corrected chi connectivity index (χ3v) is 9.26. The summed E-state index contributed by atoms with van der Waals surface area (Å²) >= 11 is 0. The zero-order valence-corrected chi connectivity index (χ0v) is 23.6. The van der Waals surface area contributed by atoms with Crippen LogP contribution in [-0.4, -0.2) is 0 Å². The van der Waals surface area contributed by atoms with Crippen LogP contribution in [0.1, 0.15) is 5.56 Å². The smallest absolute Gasteiger partial charge is 0.136 e. The Kier molecular flexibility index (Phi) is 5.39. The molecule has 7 aromatic rings. The van der Waals surface area contributed by atoms with E-state index in [1.807, 2.05) is 6.07 Å². The van der Waals surface area contributed by atoms with Gasteiger partial charge in [0.25, 0.3) is 0 Å². The molecular formula is C42H28O. The van der Waals surface area contributed by atoms with Crippen molar-refractivity contribution in [2.45, 2.75) is 0 Å². The SMILES string of the molecule is C1=CC2C=CC=C(c3ccc(-c4c5ccccc5c(-c5cccc6oc7ccccc7c56)c5ccccc45)cc3)C2C=C1. The van der Waals surface area contributed by atoms with Gasteiger partial charge in [-0.15, -0.1) is 0 Å². The molecule has 1 heterocycles. The van der Waals surface area contributed by atoms with Crippen molar-refractivity contribution in [3.63, 3.8) is 0 Å². The second-order valence-electron chi connectivity index (χ2n) is 11.6. The highest BCUT2D eigenvalue weighted by molar-refractivity contribution is 6.25. The predicted molar refractivity (Wildman–Crippen MR) is 182 cm³/mol. The number of hydrogen-bond donors (Lipinski definition) is 0. The molecule has 0 amide bonds. The summed E-state index contributed by atoms with van der Waals surface area (Å²) in [5, 5.41) is 7.34. The minimum absolute atomic E-state index is 0.392. The Hall–Kier alpha value is -5.40. The zero-order chi connectivity index (χ0) is 28.3. The molecule has 0 saturated carbocycles. The molecule has 2 unspecified atom stereocenters. The van der Waals surface area contributed by atoms with E-state index in [0.29, 0.717) is 11.8 Å². The van der Waals surface area contributed by atoms with Crippen molar-refractivity contribution in [3.8, 4) is 22.3 Å². The summed E-state index contributed by atoms with van der Waals surface area (Å²) < 4.78 is 6.31. The monoisotopic (exact) mass is 548 g/mol. The topological polar surface area (TPSA) is 13.1 Å². The molecule has 6 aromatic carbocycles. The van der Waals surface area contributed by atoms with Crippen molar-refractivity contribution in [1.82, 2.24) is 0 Å². The summed E-state index contributed by atoms with van der Waals surface area (Å²) in [5.41, 5.74) is 9.48. The summed E-state index contributed by atoms with van der Waals surface area (Å²) in [6.07, 6.45) is 15.8. The van der Waals surface area contributed by atoms with Crippen molar-refractivity contribution in [2.24, 2.45) is 11.8 Å². The van der Waals surface area contributed by atoms with Crippen molar-refractivity contribution in [1.29, 1.82) is 0 Å². The lowest BCUT2D eigenvalue weighted by Gasteiger charge is -2.27. The van der Waals surface area contributed by atoms with Gasteiger partial charge in [-0.05, 0) is 67.1 Å². The van der Waals surface area contributed by atoms with Gasteiger partial charge in [-0.3, -0.25) is 0 Å². The molecule has 0 radical (unpaired) electrons. The lowest BCUT2D eigenvalue weighted by molar-refractivity contribution is 0.669. The lowest BCUT2D eigenvalue weighted by atomic mass is 9.77. The molecule has 0 spiro atoms. The van der Waals surface area contributed by atoms with Crippen LogP contribution in [0.5, 0.6) is 0 Å². The molecular weight excluding hydrogens is 520 g/mol. The summed E-state index contributed by atoms with van der Waals surface area (Å²) in [7, 11) is 0. The van der Waals surface area contributed by atoms with Crippen LogP contribution in [0.4, 0.5) is 0 Å². The quantitative estimate of drug-likeness (QED) is 0.200. The van der Waals surface area contributed by atoms with Crippen molar-refractivity contribution < 1.29 is 4.42 Å². The Balaban J connectivity index is 1.28. The third kappa shape index (κ3) is 3.72. The van der Waals surface area contributed by atoms with E-state index in [4.69, 9.17) is 4.42 Å². The predicted octanol–water partition coefficient (Wildman–Crippen LogP) is 11.5. The van der Waals surface area contributed by atoms with E-state index in [1.165, 1.54) is 60.3 Å². The molecule has 1 aromatic heterocycles. The largest absolute Gasteiger partial charge is 0.456 e. The Morgan fingerprint density at radius 2 is 1.02 bits per heavy atom. The van der Waals surface area contributed by atoms with Crippen molar-refractivity contribution in [3.05, 3.63) is 163 Å². The second kappa shape index (κ2) is 9.58. The van der Waals surface area contributed by atoms with Gasteiger partial charge in [-0.2, -0.15) is 0 Å². The molecule has 0 aliphatic heterocycles. The van der Waals surface area contributed by atoms with E-state index >= 15 is 0 Å². The molecule has 43 heavy (non-hydrogen) atoms. The van der Waals surface area contributed by atoms with Crippen LogP contribution in [0.3, 0.4) is 0 Å². The highest BCUT2D eigenvalue weighted by Gasteiger charge is 2.24. The Morgan fingerprint density at radius 1 is 0.442 bits per heavy atom. The molecule has 0 bridgehead atoms. The molecule has 2 atom stereocenters. The first kappa shape index (κ1) is 24.2. The molecule has 0 N–H and O–H groups in total. The van der Waals surface area contributed by atoms with Crippen molar-refractivity contribution >= 4 is 49.1 Å².